The van der Waals surface area contributed by atoms with Crippen molar-refractivity contribution in [3.8, 4) is 22.6 Å². The van der Waals surface area contributed by atoms with E-state index in [2.05, 4.69) is 0 Å². The largest absolute Gasteiger partial charge is 0.507 e. The molecule has 2 rings (SSSR count). The highest BCUT2D eigenvalue weighted by Crippen LogP contribution is 2.41. The van der Waals surface area contributed by atoms with E-state index in [-0.39, 0.29) is 45.6 Å². The van der Waals surface area contributed by atoms with Crippen molar-refractivity contribution < 1.29 is 19.8 Å². The number of carbonyl (C=O) groups is 2. The Balaban J connectivity index is 2.76. The van der Waals surface area contributed by atoms with Gasteiger partial charge in [0.1, 0.15) is 11.5 Å². The third-order valence-electron chi connectivity index (χ3n) is 4.90. The van der Waals surface area contributed by atoms with Gasteiger partial charge in [-0.25, -0.2) is 0 Å². The van der Waals surface area contributed by atoms with Gasteiger partial charge in [-0.15, -0.1) is 0 Å². The number of phenolic OH excluding ortho intramolecular Hbond substituents is 2. The summed E-state index contributed by atoms with van der Waals surface area (Å²) in [4.78, 5) is 29.3. The fraction of sp³-hybridized carbons (Fsp3) is 0.364. The lowest BCUT2D eigenvalue weighted by molar-refractivity contribution is 0.0763. The van der Waals surface area contributed by atoms with E-state index in [0.717, 1.165) is 0 Å². The average Bonchev–Trinajstić information content (AvgIpc) is 2.69. The number of phenols is 2. The molecule has 2 amide bonds. The maximum absolute atomic E-state index is 13.0. The first-order valence-corrected chi connectivity index (χ1v) is 9.63. The minimum atomic E-state index is -0.264. The zero-order valence-electron chi connectivity index (χ0n) is 16.9. The molecule has 2 N–H and O–H groups in total. The number of hydrogen-bond donors (Lipinski definition) is 2. The fourth-order valence-electron chi connectivity index (χ4n) is 3.32. The van der Waals surface area contributed by atoms with Gasteiger partial charge in [0.05, 0.1) is 11.1 Å². The molecule has 150 valence electrons. The Morgan fingerprint density at radius 2 is 1.00 bits per heavy atom. The molecule has 0 heterocycles. The normalized spacial score (nSPS) is 10.6. The lowest BCUT2D eigenvalue weighted by Gasteiger charge is -2.24. The SMILES string of the molecule is CCN(CC)C(=O)c1cccc(O)c1-c1c(O)cccc1C(=O)N(CC)CC. The van der Waals surface area contributed by atoms with Crippen molar-refractivity contribution >= 4 is 11.8 Å². The summed E-state index contributed by atoms with van der Waals surface area (Å²) in [5, 5.41) is 21.2. The highest BCUT2D eigenvalue weighted by atomic mass is 16.3. The van der Waals surface area contributed by atoms with E-state index in [1.165, 1.54) is 12.1 Å². The number of hydrogen-bond acceptors (Lipinski definition) is 4. The van der Waals surface area contributed by atoms with E-state index in [0.29, 0.717) is 26.2 Å². The van der Waals surface area contributed by atoms with Gasteiger partial charge < -0.3 is 20.0 Å². The van der Waals surface area contributed by atoms with Gasteiger partial charge in [-0.05, 0) is 52.0 Å². The minimum Gasteiger partial charge on any atom is -0.507 e. The zero-order chi connectivity index (χ0) is 20.8. The molecule has 0 radical (unpaired) electrons. The van der Waals surface area contributed by atoms with Crippen LogP contribution in [0.5, 0.6) is 11.5 Å². The molecule has 6 nitrogen and oxygen atoms in total. The van der Waals surface area contributed by atoms with Crippen LogP contribution in [-0.2, 0) is 0 Å². The first-order chi connectivity index (χ1) is 13.4. The molecule has 0 atom stereocenters. The Bertz CT molecular complexity index is 784. The second-order valence-corrected chi connectivity index (χ2v) is 6.35. The van der Waals surface area contributed by atoms with Crippen LogP contribution in [0.2, 0.25) is 0 Å². The molecule has 0 aliphatic rings. The Morgan fingerprint density at radius 3 is 1.29 bits per heavy atom. The quantitative estimate of drug-likeness (QED) is 0.762. The summed E-state index contributed by atoms with van der Waals surface area (Å²) in [6.45, 7) is 9.54. The summed E-state index contributed by atoms with van der Waals surface area (Å²) in [7, 11) is 0. The Hall–Kier alpha value is -3.02. The van der Waals surface area contributed by atoms with Crippen LogP contribution in [0.1, 0.15) is 48.4 Å². The average molecular weight is 384 g/mol. The number of aromatic hydroxyl groups is 2. The molecule has 0 aliphatic heterocycles. The molecule has 0 saturated carbocycles. The number of benzene rings is 2. The van der Waals surface area contributed by atoms with Crippen LogP contribution < -0.4 is 0 Å². The van der Waals surface area contributed by atoms with Gasteiger partial charge in [-0.2, -0.15) is 0 Å². The molecule has 2 aromatic carbocycles. The van der Waals surface area contributed by atoms with Gasteiger partial charge in [-0.3, -0.25) is 9.59 Å². The van der Waals surface area contributed by atoms with Crippen LogP contribution in [0.4, 0.5) is 0 Å². The van der Waals surface area contributed by atoms with Crippen molar-refractivity contribution in [2.24, 2.45) is 0 Å². The monoisotopic (exact) mass is 384 g/mol. The van der Waals surface area contributed by atoms with Crippen LogP contribution >= 0.6 is 0 Å². The molecule has 0 saturated heterocycles. The van der Waals surface area contributed by atoms with E-state index in [1.807, 2.05) is 27.7 Å². The zero-order valence-corrected chi connectivity index (χ0v) is 16.9. The van der Waals surface area contributed by atoms with Crippen LogP contribution in [0, 0.1) is 0 Å². The van der Waals surface area contributed by atoms with Gasteiger partial charge in [0.15, 0.2) is 0 Å². The van der Waals surface area contributed by atoms with Crippen LogP contribution in [0.15, 0.2) is 36.4 Å². The Labute approximate surface area is 166 Å². The third kappa shape index (κ3) is 3.96. The highest BCUT2D eigenvalue weighted by molar-refractivity contribution is 6.08. The van der Waals surface area contributed by atoms with Gasteiger partial charge in [0.25, 0.3) is 11.8 Å². The van der Waals surface area contributed by atoms with Crippen molar-refractivity contribution in [3.05, 3.63) is 47.5 Å². The first kappa shape index (κ1) is 21.3. The lowest BCUT2D eigenvalue weighted by Crippen LogP contribution is -2.32. The van der Waals surface area contributed by atoms with Crippen LogP contribution in [0.3, 0.4) is 0 Å². The molecule has 0 aromatic heterocycles. The van der Waals surface area contributed by atoms with E-state index < -0.39 is 0 Å². The second-order valence-electron chi connectivity index (χ2n) is 6.35. The smallest absolute Gasteiger partial charge is 0.254 e. The molecule has 6 heteroatoms. The van der Waals surface area contributed by atoms with Crippen LogP contribution in [0.25, 0.3) is 11.1 Å². The molecule has 28 heavy (non-hydrogen) atoms. The summed E-state index contributed by atoms with van der Waals surface area (Å²) < 4.78 is 0. The number of amides is 2. The van der Waals surface area contributed by atoms with E-state index >= 15 is 0 Å². The highest BCUT2D eigenvalue weighted by Gasteiger charge is 2.27. The van der Waals surface area contributed by atoms with Crippen molar-refractivity contribution in [3.63, 3.8) is 0 Å². The summed E-state index contributed by atoms with van der Waals surface area (Å²) in [6.07, 6.45) is 0. The first-order valence-electron chi connectivity index (χ1n) is 9.63. The van der Waals surface area contributed by atoms with Crippen molar-refractivity contribution in [1.29, 1.82) is 0 Å². The second kappa shape index (κ2) is 9.26. The van der Waals surface area contributed by atoms with E-state index in [1.54, 1.807) is 34.1 Å². The van der Waals surface area contributed by atoms with Gasteiger partial charge in [0.2, 0.25) is 0 Å². The topological polar surface area (TPSA) is 81.1 Å². The summed E-state index contributed by atoms with van der Waals surface area (Å²) in [5.74, 6) is -0.845. The van der Waals surface area contributed by atoms with E-state index in [9.17, 15) is 19.8 Å². The summed E-state index contributed by atoms with van der Waals surface area (Å²) in [5.41, 5.74) is 0.846. The number of nitrogens with zero attached hydrogens (tertiary/aromatic N) is 2. The van der Waals surface area contributed by atoms with Gasteiger partial charge >= 0.3 is 0 Å². The molecular formula is C22H28N2O4. The predicted molar refractivity (Wildman–Crippen MR) is 110 cm³/mol. The predicted octanol–water partition coefficient (Wildman–Crippen LogP) is 3.73. The molecule has 2 aromatic rings. The maximum atomic E-state index is 13.0. The molecule has 0 spiro atoms. The maximum Gasteiger partial charge on any atom is 0.254 e. The molecule has 0 bridgehead atoms. The van der Waals surface area contributed by atoms with Crippen LogP contribution in [-0.4, -0.2) is 58.0 Å². The molecular weight excluding hydrogens is 356 g/mol. The lowest BCUT2D eigenvalue weighted by atomic mass is 9.92. The molecule has 0 fully saturated rings. The Kier molecular flexibility index (Phi) is 7.04. The Morgan fingerprint density at radius 1 is 0.679 bits per heavy atom. The fourth-order valence-corrected chi connectivity index (χ4v) is 3.32. The third-order valence-corrected chi connectivity index (χ3v) is 4.90. The van der Waals surface area contributed by atoms with Crippen molar-refractivity contribution in [2.75, 3.05) is 26.2 Å². The van der Waals surface area contributed by atoms with E-state index in [4.69, 9.17) is 0 Å². The van der Waals surface area contributed by atoms with Crippen molar-refractivity contribution in [1.82, 2.24) is 9.80 Å². The summed E-state index contributed by atoms with van der Waals surface area (Å²) in [6, 6.07) is 9.28. The molecule has 0 unspecified atom stereocenters. The summed E-state index contributed by atoms with van der Waals surface area (Å²) >= 11 is 0. The number of rotatable bonds is 7. The van der Waals surface area contributed by atoms with Gasteiger partial charge in [-0.1, -0.05) is 12.1 Å². The minimum absolute atomic E-state index is 0.159. The van der Waals surface area contributed by atoms with Crippen molar-refractivity contribution in [2.45, 2.75) is 27.7 Å². The van der Waals surface area contributed by atoms with Gasteiger partial charge in [0, 0.05) is 37.3 Å². The number of carbonyl (C=O) groups excluding carboxylic acids is 2. The molecule has 0 aliphatic carbocycles. The standard InChI is InChI=1S/C22H28N2O4/c1-5-23(6-2)21(27)15-11-9-13-17(25)19(15)20-16(12-10-14-18(20)26)22(28)24(7-3)8-4/h9-14,25-26H,5-8H2,1-4H3.